The first kappa shape index (κ1) is 12.2. The van der Waals surface area contributed by atoms with E-state index in [1.807, 2.05) is 0 Å². The van der Waals surface area contributed by atoms with E-state index in [1.54, 1.807) is 26.6 Å². The topological polar surface area (TPSA) is 57.4 Å². The summed E-state index contributed by atoms with van der Waals surface area (Å²) in [6.07, 6.45) is 8.04. The van der Waals surface area contributed by atoms with Gasteiger partial charge in [0.2, 0.25) is 0 Å². The molecule has 0 atom stereocenters. The van der Waals surface area contributed by atoms with Crippen LogP contribution in [0.5, 0.6) is 11.5 Å². The molecule has 0 saturated heterocycles. The summed E-state index contributed by atoms with van der Waals surface area (Å²) in [5, 5.41) is 0. The highest BCUT2D eigenvalue weighted by Gasteiger charge is 2.42. The Hall–Kier alpha value is -1.29. The second-order valence-corrected chi connectivity index (χ2v) is 4.59. The van der Waals surface area contributed by atoms with Crippen LogP contribution in [0, 0.1) is 0 Å². The molecule has 0 aliphatic heterocycles. The molecule has 1 aliphatic carbocycles. The molecule has 0 radical (unpaired) electrons. The molecule has 0 amide bonds. The van der Waals surface area contributed by atoms with Gasteiger partial charge in [-0.05, 0) is 25.8 Å². The Morgan fingerprint density at radius 1 is 1.24 bits per heavy atom. The zero-order valence-electron chi connectivity index (χ0n) is 10.5. The number of nitrogens with two attached hydrogens (primary N) is 1. The van der Waals surface area contributed by atoms with Crippen molar-refractivity contribution in [1.82, 2.24) is 4.98 Å². The van der Waals surface area contributed by atoms with Gasteiger partial charge in [0.05, 0.1) is 26.6 Å². The first-order valence-corrected chi connectivity index (χ1v) is 6.04. The average molecular weight is 236 g/mol. The van der Waals surface area contributed by atoms with Crippen LogP contribution in [-0.4, -0.2) is 25.7 Å². The molecular formula is C13H20N2O2. The summed E-state index contributed by atoms with van der Waals surface area (Å²) in [7, 11) is 3.35. The van der Waals surface area contributed by atoms with Crippen LogP contribution in [0.2, 0.25) is 0 Å². The number of pyridine rings is 1. The lowest BCUT2D eigenvalue weighted by molar-refractivity contribution is 0.212. The molecule has 94 valence electrons. The van der Waals surface area contributed by atoms with Crippen molar-refractivity contribution in [2.24, 2.45) is 5.73 Å². The monoisotopic (exact) mass is 236 g/mol. The maximum atomic E-state index is 5.75. The van der Waals surface area contributed by atoms with E-state index >= 15 is 0 Å². The lowest BCUT2D eigenvalue weighted by atomic mass is 9.62. The predicted octanol–water partition coefficient (Wildman–Crippen LogP) is 1.87. The van der Waals surface area contributed by atoms with Gasteiger partial charge in [0.25, 0.3) is 0 Å². The Bertz CT molecular complexity index is 367. The molecule has 1 fully saturated rings. The van der Waals surface area contributed by atoms with E-state index in [0.717, 1.165) is 36.3 Å². The summed E-state index contributed by atoms with van der Waals surface area (Å²) in [6, 6.07) is 0. The summed E-state index contributed by atoms with van der Waals surface area (Å²) < 4.78 is 10.9. The molecule has 2 N–H and O–H groups in total. The first-order valence-electron chi connectivity index (χ1n) is 6.04. The molecule has 0 aromatic carbocycles. The third-order valence-electron chi connectivity index (χ3n) is 3.78. The van der Waals surface area contributed by atoms with E-state index in [-0.39, 0.29) is 5.41 Å². The quantitative estimate of drug-likeness (QED) is 0.848. The molecule has 4 heteroatoms. The average Bonchev–Trinajstić information content (AvgIpc) is 2.33. The number of ether oxygens (including phenoxy) is 2. The summed E-state index contributed by atoms with van der Waals surface area (Å²) in [5.74, 6) is 1.63. The molecule has 0 bridgehead atoms. The second-order valence-electron chi connectivity index (χ2n) is 4.59. The molecule has 0 spiro atoms. The number of hydrogen-bond donors (Lipinski definition) is 1. The normalized spacial score (nSPS) is 17.4. The summed E-state index contributed by atoms with van der Waals surface area (Å²) in [6.45, 7) is 0.689. The van der Waals surface area contributed by atoms with E-state index in [9.17, 15) is 0 Å². The van der Waals surface area contributed by atoms with Crippen molar-refractivity contribution < 1.29 is 9.47 Å². The molecular weight excluding hydrogens is 216 g/mol. The van der Waals surface area contributed by atoms with E-state index in [2.05, 4.69) is 4.98 Å². The van der Waals surface area contributed by atoms with E-state index < -0.39 is 0 Å². The Labute approximate surface area is 102 Å². The highest BCUT2D eigenvalue weighted by atomic mass is 16.5. The van der Waals surface area contributed by atoms with Gasteiger partial charge in [-0.1, -0.05) is 6.42 Å². The van der Waals surface area contributed by atoms with Crippen molar-refractivity contribution in [1.29, 1.82) is 0 Å². The summed E-state index contributed by atoms with van der Waals surface area (Å²) >= 11 is 0. The van der Waals surface area contributed by atoms with Crippen LogP contribution < -0.4 is 15.2 Å². The van der Waals surface area contributed by atoms with Gasteiger partial charge in [-0.2, -0.15) is 0 Å². The molecule has 1 heterocycles. The molecule has 1 aliphatic rings. The van der Waals surface area contributed by atoms with E-state index in [0.29, 0.717) is 6.54 Å². The Morgan fingerprint density at radius 2 is 1.82 bits per heavy atom. The lowest BCUT2D eigenvalue weighted by Gasteiger charge is -2.43. The highest BCUT2D eigenvalue weighted by Crippen LogP contribution is 2.52. The van der Waals surface area contributed by atoms with Gasteiger partial charge in [0, 0.05) is 11.0 Å². The maximum absolute atomic E-state index is 5.75. The lowest BCUT2D eigenvalue weighted by Crippen LogP contribution is -2.37. The summed E-state index contributed by atoms with van der Waals surface area (Å²) in [5.41, 5.74) is 7.03. The van der Waals surface area contributed by atoms with Gasteiger partial charge in [-0.25, -0.2) is 0 Å². The molecule has 17 heavy (non-hydrogen) atoms. The van der Waals surface area contributed by atoms with Crippen LogP contribution in [-0.2, 0) is 5.41 Å². The van der Waals surface area contributed by atoms with Crippen molar-refractivity contribution in [3.05, 3.63) is 18.0 Å². The molecule has 1 aromatic rings. The smallest absolute Gasteiger partial charge is 0.144 e. The Kier molecular flexibility index (Phi) is 3.52. The van der Waals surface area contributed by atoms with Crippen molar-refractivity contribution >= 4 is 0 Å². The van der Waals surface area contributed by atoms with Gasteiger partial charge >= 0.3 is 0 Å². The number of methoxy groups -OCH3 is 2. The van der Waals surface area contributed by atoms with Crippen molar-refractivity contribution in [3.8, 4) is 11.5 Å². The van der Waals surface area contributed by atoms with Crippen molar-refractivity contribution in [2.75, 3.05) is 20.8 Å². The Morgan fingerprint density at radius 3 is 2.18 bits per heavy atom. The van der Waals surface area contributed by atoms with Crippen LogP contribution in [0.4, 0.5) is 0 Å². The van der Waals surface area contributed by atoms with Gasteiger partial charge in [0.15, 0.2) is 0 Å². The minimum Gasteiger partial charge on any atom is -0.495 e. The maximum Gasteiger partial charge on any atom is 0.144 e. The van der Waals surface area contributed by atoms with Crippen molar-refractivity contribution in [2.45, 2.75) is 31.1 Å². The first-order chi connectivity index (χ1) is 8.27. The fraction of sp³-hybridized carbons (Fsp3) is 0.615. The highest BCUT2D eigenvalue weighted by molar-refractivity contribution is 5.48. The van der Waals surface area contributed by atoms with Crippen LogP contribution in [0.25, 0.3) is 0 Å². The number of nitrogens with zero attached hydrogens (tertiary/aromatic N) is 1. The van der Waals surface area contributed by atoms with Gasteiger partial charge in [0.1, 0.15) is 11.5 Å². The Balaban J connectivity index is 2.47. The third kappa shape index (κ3) is 1.97. The largest absolute Gasteiger partial charge is 0.495 e. The number of rotatable bonds is 5. The minimum absolute atomic E-state index is 0.133. The van der Waals surface area contributed by atoms with Crippen LogP contribution in [0.3, 0.4) is 0 Å². The standard InChI is InChI=1S/C13H20N2O2/c1-16-10-8-15-9-11(17-2)12(10)13(6-7-14)4-3-5-13/h8-9H,3-7,14H2,1-2H3. The van der Waals surface area contributed by atoms with Crippen LogP contribution >= 0.6 is 0 Å². The van der Waals surface area contributed by atoms with Crippen molar-refractivity contribution in [3.63, 3.8) is 0 Å². The zero-order chi connectivity index (χ0) is 12.3. The fourth-order valence-electron chi connectivity index (χ4n) is 2.76. The van der Waals surface area contributed by atoms with Crippen LogP contribution in [0.1, 0.15) is 31.2 Å². The number of aromatic nitrogens is 1. The molecule has 1 aromatic heterocycles. The fourth-order valence-corrected chi connectivity index (χ4v) is 2.76. The second kappa shape index (κ2) is 4.92. The third-order valence-corrected chi connectivity index (χ3v) is 3.78. The molecule has 1 saturated carbocycles. The molecule has 0 unspecified atom stereocenters. The van der Waals surface area contributed by atoms with Gasteiger partial charge < -0.3 is 15.2 Å². The van der Waals surface area contributed by atoms with Gasteiger partial charge in [-0.3, -0.25) is 4.98 Å². The SMILES string of the molecule is COc1cncc(OC)c1C1(CCN)CCC1. The van der Waals surface area contributed by atoms with Crippen LogP contribution in [0.15, 0.2) is 12.4 Å². The minimum atomic E-state index is 0.133. The van der Waals surface area contributed by atoms with Gasteiger partial charge in [-0.15, -0.1) is 0 Å². The summed E-state index contributed by atoms with van der Waals surface area (Å²) in [4.78, 5) is 4.14. The van der Waals surface area contributed by atoms with E-state index in [4.69, 9.17) is 15.2 Å². The number of hydrogen-bond acceptors (Lipinski definition) is 4. The zero-order valence-corrected chi connectivity index (χ0v) is 10.5. The molecule has 4 nitrogen and oxygen atoms in total. The molecule has 2 rings (SSSR count). The predicted molar refractivity (Wildman–Crippen MR) is 66.5 cm³/mol. The van der Waals surface area contributed by atoms with E-state index in [1.165, 1.54) is 6.42 Å².